The van der Waals surface area contributed by atoms with E-state index in [0.717, 1.165) is 0 Å². The molecule has 4 aliphatic rings. The smallest absolute Gasteiger partial charge is 0.333 e. The van der Waals surface area contributed by atoms with Crippen molar-refractivity contribution in [2.45, 2.75) is 117 Å². The molecule has 2 aliphatic heterocycles. The molecule has 312 valence electrons. The molecule has 0 spiro atoms. The van der Waals surface area contributed by atoms with Crippen molar-refractivity contribution in [3.05, 3.63) is 160 Å². The molecule has 0 amide bonds. The van der Waals surface area contributed by atoms with E-state index in [4.69, 9.17) is 0 Å². The van der Waals surface area contributed by atoms with Gasteiger partial charge in [0.15, 0.2) is 0 Å². The molecule has 12 rings (SSSR count). The fourth-order valence-electron chi connectivity index (χ4n) is 12.2. The first kappa shape index (κ1) is 38.8. The SMILES string of the molecule is CC(C)(C)c1ccc(N2B3c4cc(C(C)(C)C)ccc4-n4c5ccc6c(c5c5ccc(c3c54)-c3cc4c(cc32)-c2ccc(C(C)(C)C)cc2C4(C)C)-c2ccccc2C6(C)C)cc1. The Labute approximate surface area is 375 Å². The van der Waals surface area contributed by atoms with E-state index < -0.39 is 0 Å². The average Bonchev–Trinajstić information content (AvgIpc) is 3.78. The first-order valence-corrected chi connectivity index (χ1v) is 23.3. The summed E-state index contributed by atoms with van der Waals surface area (Å²) >= 11 is 0. The lowest BCUT2D eigenvalue weighted by Crippen LogP contribution is -2.60. The van der Waals surface area contributed by atoms with E-state index >= 15 is 0 Å². The molecule has 0 saturated carbocycles. The van der Waals surface area contributed by atoms with Crippen LogP contribution >= 0.6 is 0 Å². The lowest BCUT2D eigenvalue weighted by molar-refractivity contribution is 0.584. The predicted molar refractivity (Wildman–Crippen MR) is 271 cm³/mol. The van der Waals surface area contributed by atoms with Gasteiger partial charge in [-0.25, -0.2) is 0 Å². The molecular formula is C60H59BN2. The molecule has 2 nitrogen and oxygen atoms in total. The van der Waals surface area contributed by atoms with Crippen LogP contribution in [-0.4, -0.2) is 11.4 Å². The lowest BCUT2D eigenvalue weighted by Gasteiger charge is -2.43. The van der Waals surface area contributed by atoms with Crippen LogP contribution in [0.2, 0.25) is 0 Å². The van der Waals surface area contributed by atoms with Crippen molar-refractivity contribution in [3.8, 4) is 39.1 Å². The van der Waals surface area contributed by atoms with Crippen molar-refractivity contribution in [1.29, 1.82) is 0 Å². The highest BCUT2D eigenvalue weighted by Crippen LogP contribution is 2.57. The van der Waals surface area contributed by atoms with Crippen LogP contribution in [0.5, 0.6) is 0 Å². The third-order valence-corrected chi connectivity index (χ3v) is 15.9. The summed E-state index contributed by atoms with van der Waals surface area (Å²) in [5.74, 6) is 0. The maximum atomic E-state index is 2.73. The summed E-state index contributed by atoms with van der Waals surface area (Å²) in [4.78, 5) is 2.73. The molecule has 0 fully saturated rings. The zero-order valence-corrected chi connectivity index (χ0v) is 39.5. The molecule has 2 aliphatic carbocycles. The van der Waals surface area contributed by atoms with Gasteiger partial charge in [-0.15, -0.1) is 0 Å². The van der Waals surface area contributed by atoms with E-state index in [1.165, 1.54) is 122 Å². The number of aromatic nitrogens is 1. The monoisotopic (exact) mass is 818 g/mol. The van der Waals surface area contributed by atoms with Crippen LogP contribution in [0, 0.1) is 0 Å². The molecule has 0 bridgehead atoms. The molecule has 0 unspecified atom stereocenters. The number of anilines is 2. The highest BCUT2D eigenvalue weighted by Gasteiger charge is 2.47. The highest BCUT2D eigenvalue weighted by molar-refractivity contribution is 6.93. The summed E-state index contributed by atoms with van der Waals surface area (Å²) in [6.45, 7) is 30.7. The van der Waals surface area contributed by atoms with Gasteiger partial charge in [-0.2, -0.15) is 0 Å². The Morgan fingerprint density at radius 2 is 1.08 bits per heavy atom. The molecular weight excluding hydrogens is 759 g/mol. The largest absolute Gasteiger partial charge is 0.376 e. The summed E-state index contributed by atoms with van der Waals surface area (Å²) in [5, 5.41) is 2.72. The van der Waals surface area contributed by atoms with Crippen LogP contribution in [0.25, 0.3) is 60.9 Å². The second-order valence-electron chi connectivity index (χ2n) is 23.5. The van der Waals surface area contributed by atoms with Gasteiger partial charge in [0.2, 0.25) is 0 Å². The van der Waals surface area contributed by atoms with E-state index in [2.05, 4.69) is 221 Å². The van der Waals surface area contributed by atoms with Gasteiger partial charge in [-0.3, -0.25) is 0 Å². The Kier molecular flexibility index (Phi) is 7.43. The molecule has 8 aromatic rings. The van der Waals surface area contributed by atoms with Gasteiger partial charge in [0, 0.05) is 44.2 Å². The van der Waals surface area contributed by atoms with Crippen molar-refractivity contribution in [2.75, 3.05) is 4.81 Å². The van der Waals surface area contributed by atoms with Crippen LogP contribution < -0.4 is 15.7 Å². The van der Waals surface area contributed by atoms with Crippen LogP contribution in [0.4, 0.5) is 11.4 Å². The van der Waals surface area contributed by atoms with Crippen LogP contribution in [-0.2, 0) is 27.1 Å². The van der Waals surface area contributed by atoms with Crippen molar-refractivity contribution < 1.29 is 0 Å². The number of benzene rings is 7. The number of hydrogen-bond donors (Lipinski definition) is 0. The minimum atomic E-state index is -0.151. The second kappa shape index (κ2) is 12.1. The van der Waals surface area contributed by atoms with Crippen molar-refractivity contribution in [1.82, 2.24) is 4.57 Å². The van der Waals surface area contributed by atoms with E-state index in [-0.39, 0.29) is 33.9 Å². The molecule has 0 atom stereocenters. The summed E-state index contributed by atoms with van der Waals surface area (Å²) in [6, 6.07) is 48.4. The average molecular weight is 819 g/mol. The zero-order valence-electron chi connectivity index (χ0n) is 39.5. The Hall–Kier alpha value is -5.80. The number of nitrogens with zero attached hydrogens (tertiary/aromatic N) is 2. The standard InChI is InChI=1S/C60H59BN2/c1-56(2,3)34-18-22-37(23-19-34)63-51-33-42-38-24-20-35(57(4,5)6)30-46(38)60(12,13)47(42)32-43(51)39-25-26-41-53-50(29-27-45-52(53)40-16-14-15-17-44(40)59(45,10)11)62-49-28-21-36(58(7,8)9)31-48(49)61(63)54(39)55(41)62/h14-33H,1-13H3. The summed E-state index contributed by atoms with van der Waals surface area (Å²) in [6.07, 6.45) is 0. The molecule has 3 heterocycles. The number of fused-ring (bicyclic) bond motifs is 15. The first-order chi connectivity index (χ1) is 29.7. The Bertz CT molecular complexity index is 3330. The molecule has 0 saturated heterocycles. The van der Waals surface area contributed by atoms with Crippen molar-refractivity contribution in [2.24, 2.45) is 0 Å². The Morgan fingerprint density at radius 1 is 0.460 bits per heavy atom. The lowest BCUT2D eigenvalue weighted by atomic mass is 9.43. The molecule has 0 N–H and O–H groups in total. The quantitative estimate of drug-likeness (QED) is 0.150. The van der Waals surface area contributed by atoms with Gasteiger partial charge in [-0.05, 0) is 130 Å². The maximum absolute atomic E-state index is 2.73. The van der Waals surface area contributed by atoms with E-state index in [1.807, 2.05) is 0 Å². The minimum Gasteiger partial charge on any atom is -0.376 e. The molecule has 0 radical (unpaired) electrons. The number of rotatable bonds is 1. The summed E-state index contributed by atoms with van der Waals surface area (Å²) < 4.78 is 2.66. The van der Waals surface area contributed by atoms with E-state index in [1.54, 1.807) is 0 Å². The van der Waals surface area contributed by atoms with E-state index in [9.17, 15) is 0 Å². The molecule has 7 aromatic carbocycles. The van der Waals surface area contributed by atoms with Crippen LogP contribution in [0.1, 0.15) is 129 Å². The topological polar surface area (TPSA) is 8.17 Å². The molecule has 63 heavy (non-hydrogen) atoms. The fourth-order valence-corrected chi connectivity index (χ4v) is 12.2. The first-order valence-electron chi connectivity index (χ1n) is 23.3. The van der Waals surface area contributed by atoms with Gasteiger partial charge in [-0.1, -0.05) is 175 Å². The van der Waals surface area contributed by atoms with Gasteiger partial charge in [0.05, 0.1) is 11.0 Å². The minimum absolute atomic E-state index is 0.0210. The summed E-state index contributed by atoms with van der Waals surface area (Å²) in [5.41, 5.74) is 27.0. The van der Waals surface area contributed by atoms with E-state index in [0.29, 0.717) is 0 Å². The van der Waals surface area contributed by atoms with Crippen molar-refractivity contribution >= 4 is 51.0 Å². The van der Waals surface area contributed by atoms with Gasteiger partial charge >= 0.3 is 6.85 Å². The number of hydrogen-bond acceptors (Lipinski definition) is 1. The van der Waals surface area contributed by atoms with Gasteiger partial charge < -0.3 is 9.38 Å². The maximum Gasteiger partial charge on any atom is 0.333 e. The zero-order chi connectivity index (χ0) is 44.1. The highest BCUT2D eigenvalue weighted by atomic mass is 15.1. The van der Waals surface area contributed by atoms with Gasteiger partial charge in [0.25, 0.3) is 0 Å². The fraction of sp³-hybridized carbons (Fsp3) is 0.300. The third kappa shape index (κ3) is 5.03. The molecule has 3 heteroatoms. The molecule has 1 aromatic heterocycles. The predicted octanol–water partition coefficient (Wildman–Crippen LogP) is 14.5. The Balaban J connectivity index is 1.23. The van der Waals surface area contributed by atoms with Gasteiger partial charge in [0.1, 0.15) is 0 Å². The van der Waals surface area contributed by atoms with Crippen LogP contribution in [0.3, 0.4) is 0 Å². The second-order valence-corrected chi connectivity index (χ2v) is 23.5. The van der Waals surface area contributed by atoms with Crippen LogP contribution in [0.15, 0.2) is 121 Å². The Morgan fingerprint density at radius 3 is 1.79 bits per heavy atom. The summed E-state index contributed by atoms with van der Waals surface area (Å²) in [7, 11) is 0. The third-order valence-electron chi connectivity index (χ3n) is 15.9. The van der Waals surface area contributed by atoms with Crippen molar-refractivity contribution in [3.63, 3.8) is 0 Å². The normalized spacial score (nSPS) is 16.2.